The topological polar surface area (TPSA) is 28.8 Å². The fourth-order valence-corrected chi connectivity index (χ4v) is 1.62. The van der Waals surface area contributed by atoms with Crippen molar-refractivity contribution in [2.75, 3.05) is 26.7 Å². The second-order valence-electron chi connectivity index (χ2n) is 4.17. The highest BCUT2D eigenvalue weighted by Crippen LogP contribution is 2.06. The Morgan fingerprint density at radius 3 is 2.47 bits per heavy atom. The van der Waals surface area contributed by atoms with E-state index in [2.05, 4.69) is 30.6 Å². The Labute approximate surface area is 105 Å². The average Bonchev–Trinajstić information content (AvgIpc) is 2.64. The summed E-state index contributed by atoms with van der Waals surface area (Å²) in [6, 6.07) is 0. The average molecular weight is 230 g/mol. The van der Waals surface area contributed by atoms with Crippen LogP contribution in [-0.4, -0.2) is 42.4 Å². The zero-order valence-electron chi connectivity index (χ0n) is 10.8. The molecule has 0 N–H and O–H groups in total. The van der Waals surface area contributed by atoms with Crippen LogP contribution >= 0.6 is 0 Å². The molecule has 1 heterocycles. The molecule has 1 aliphatic rings. The molecule has 92 valence electrons. The number of hydrogen-bond acceptors (Lipinski definition) is 0. The molecule has 17 heavy (non-hydrogen) atoms. The molecule has 0 atom stereocenters. The van der Waals surface area contributed by atoms with Gasteiger partial charge in [0.2, 0.25) is 0 Å². The summed E-state index contributed by atoms with van der Waals surface area (Å²) >= 11 is 0. The molecule has 0 aromatic rings. The van der Waals surface area contributed by atoms with E-state index in [4.69, 9.17) is 0 Å². The predicted molar refractivity (Wildman–Crippen MR) is 72.3 cm³/mol. The number of unbranched alkanes of at least 4 members (excludes halogenated alkanes) is 2. The summed E-state index contributed by atoms with van der Waals surface area (Å²) in [7, 11) is 1.90. The highest BCUT2D eigenvalue weighted by molar-refractivity contribution is 5.84. The van der Waals surface area contributed by atoms with Gasteiger partial charge in [0.25, 0.3) is 0 Å². The third-order valence-electron chi connectivity index (χ3n) is 2.67. The summed E-state index contributed by atoms with van der Waals surface area (Å²) in [5.74, 6) is 12.1. The maximum absolute atomic E-state index is 9.67. The van der Waals surface area contributed by atoms with Gasteiger partial charge in [0.15, 0.2) is 0 Å². The van der Waals surface area contributed by atoms with Crippen LogP contribution in [0.25, 0.3) is 5.41 Å². The Balaban J connectivity index is 2.13. The Hall–Kier alpha value is -1.61. The number of hydrogen-bond donors (Lipinski definition) is 0. The lowest BCUT2D eigenvalue weighted by Gasteiger charge is -2.27. The van der Waals surface area contributed by atoms with Gasteiger partial charge in [0.05, 0.1) is 0 Å². The summed E-state index contributed by atoms with van der Waals surface area (Å²) < 4.78 is 0. The summed E-state index contributed by atoms with van der Waals surface area (Å²) in [6.07, 6.45) is 3.83. The highest BCUT2D eigenvalue weighted by atomic mass is 15.4. The van der Waals surface area contributed by atoms with Gasteiger partial charge >= 0.3 is 0 Å². The van der Waals surface area contributed by atoms with Crippen LogP contribution < -0.4 is 0 Å². The second kappa shape index (κ2) is 7.63. The minimum Gasteiger partial charge on any atom is -0.429 e. The first-order valence-electron chi connectivity index (χ1n) is 6.23. The van der Waals surface area contributed by atoms with Crippen molar-refractivity contribution in [3.8, 4) is 23.7 Å². The summed E-state index contributed by atoms with van der Waals surface area (Å²) in [6.45, 7) is 4.79. The second-order valence-corrected chi connectivity index (χ2v) is 4.17. The molecule has 0 aliphatic carbocycles. The SMILES string of the molecule is CCCC#CC#CCCCN1CCN(C)C1=[N-]. The molecule has 0 bridgehead atoms. The zero-order valence-corrected chi connectivity index (χ0v) is 10.8. The van der Waals surface area contributed by atoms with Gasteiger partial charge in [-0.15, -0.1) is 0 Å². The normalized spacial score (nSPS) is 14.1. The molecule has 1 fully saturated rings. The van der Waals surface area contributed by atoms with Gasteiger partial charge in [-0.25, -0.2) is 0 Å². The number of nitrogens with zero attached hydrogens (tertiary/aromatic N) is 3. The van der Waals surface area contributed by atoms with Crippen LogP contribution in [0.1, 0.15) is 32.6 Å². The van der Waals surface area contributed by atoms with Crippen LogP contribution in [0.3, 0.4) is 0 Å². The van der Waals surface area contributed by atoms with Crippen molar-refractivity contribution < 1.29 is 0 Å². The number of likely N-dealkylation sites (N-methyl/N-ethyl adjacent to an activating group) is 1. The van der Waals surface area contributed by atoms with Crippen molar-refractivity contribution in [3.63, 3.8) is 0 Å². The monoisotopic (exact) mass is 230 g/mol. The summed E-state index contributed by atoms with van der Waals surface area (Å²) in [4.78, 5) is 3.85. The van der Waals surface area contributed by atoms with Crippen molar-refractivity contribution in [1.82, 2.24) is 9.80 Å². The van der Waals surface area contributed by atoms with E-state index >= 15 is 0 Å². The fraction of sp³-hybridized carbons (Fsp3) is 0.643. The van der Waals surface area contributed by atoms with Gasteiger partial charge in [0.1, 0.15) is 0 Å². The first kappa shape index (κ1) is 13.5. The molecule has 0 unspecified atom stereocenters. The smallest absolute Gasteiger partial charge is 0.0104 e. The number of guanidine groups is 1. The van der Waals surface area contributed by atoms with Crippen LogP contribution in [0, 0.1) is 23.7 Å². The first-order chi connectivity index (χ1) is 8.25. The van der Waals surface area contributed by atoms with Crippen LogP contribution in [0.15, 0.2) is 0 Å². The van der Waals surface area contributed by atoms with Gasteiger partial charge in [-0.05, 0) is 51.4 Å². The van der Waals surface area contributed by atoms with Crippen LogP contribution in [-0.2, 0) is 0 Å². The van der Waals surface area contributed by atoms with Gasteiger partial charge in [-0.1, -0.05) is 18.8 Å². The van der Waals surface area contributed by atoms with E-state index in [9.17, 15) is 5.41 Å². The Bertz CT molecular complexity index is 364. The van der Waals surface area contributed by atoms with E-state index in [1.54, 1.807) is 0 Å². The van der Waals surface area contributed by atoms with Gasteiger partial charge in [0, 0.05) is 18.8 Å². The van der Waals surface area contributed by atoms with E-state index in [0.29, 0.717) is 5.96 Å². The van der Waals surface area contributed by atoms with Crippen LogP contribution in [0.4, 0.5) is 0 Å². The standard InChI is InChI=1S/C14H20N3/c1-3-4-5-6-7-8-9-10-11-17-13-12-16(2)14(17)15/h3-4,9-13H2,1-2H3/q-1. The van der Waals surface area contributed by atoms with E-state index in [1.165, 1.54) is 0 Å². The largest absolute Gasteiger partial charge is 0.429 e. The Morgan fingerprint density at radius 1 is 1.18 bits per heavy atom. The Kier molecular flexibility index (Phi) is 6.04. The Morgan fingerprint density at radius 2 is 1.88 bits per heavy atom. The highest BCUT2D eigenvalue weighted by Gasteiger charge is 2.11. The lowest BCUT2D eigenvalue weighted by molar-refractivity contribution is 0.457. The molecule has 1 saturated heterocycles. The van der Waals surface area contributed by atoms with E-state index in [0.717, 1.165) is 45.3 Å². The molecular weight excluding hydrogens is 210 g/mol. The van der Waals surface area contributed by atoms with Crippen molar-refractivity contribution in [2.24, 2.45) is 0 Å². The molecule has 0 aromatic carbocycles. The molecule has 0 aromatic heterocycles. The first-order valence-corrected chi connectivity index (χ1v) is 6.23. The van der Waals surface area contributed by atoms with E-state index < -0.39 is 0 Å². The quantitative estimate of drug-likeness (QED) is 0.544. The van der Waals surface area contributed by atoms with Crippen LogP contribution in [0.5, 0.6) is 0 Å². The third kappa shape index (κ3) is 4.83. The zero-order chi connectivity index (χ0) is 12.5. The molecule has 3 nitrogen and oxygen atoms in total. The minimum absolute atomic E-state index is 0.390. The van der Waals surface area contributed by atoms with Gasteiger partial charge in [-0.2, -0.15) is 0 Å². The fourth-order valence-electron chi connectivity index (χ4n) is 1.62. The third-order valence-corrected chi connectivity index (χ3v) is 2.67. The van der Waals surface area contributed by atoms with Crippen molar-refractivity contribution in [3.05, 3.63) is 5.41 Å². The predicted octanol–water partition coefficient (Wildman–Crippen LogP) is 1.75. The van der Waals surface area contributed by atoms with Crippen molar-refractivity contribution >= 4 is 5.96 Å². The van der Waals surface area contributed by atoms with Crippen molar-refractivity contribution in [2.45, 2.75) is 32.6 Å². The maximum Gasteiger partial charge on any atom is 0.0104 e. The molecule has 0 amide bonds. The van der Waals surface area contributed by atoms with E-state index in [-0.39, 0.29) is 0 Å². The van der Waals surface area contributed by atoms with E-state index in [1.807, 2.05) is 16.8 Å². The molecule has 1 aliphatic heterocycles. The lowest BCUT2D eigenvalue weighted by Crippen LogP contribution is -2.30. The molecular formula is C14H20N3-. The summed E-state index contributed by atoms with van der Waals surface area (Å²) in [5, 5.41) is 9.67. The molecule has 0 radical (unpaired) electrons. The molecule has 0 spiro atoms. The van der Waals surface area contributed by atoms with Crippen molar-refractivity contribution in [1.29, 1.82) is 0 Å². The number of rotatable bonds is 4. The van der Waals surface area contributed by atoms with Gasteiger partial charge < -0.3 is 15.2 Å². The maximum atomic E-state index is 9.67. The summed E-state index contributed by atoms with van der Waals surface area (Å²) in [5.41, 5.74) is 0. The lowest BCUT2D eigenvalue weighted by atomic mass is 10.3. The van der Waals surface area contributed by atoms with Gasteiger partial charge in [-0.3, -0.25) is 0 Å². The molecule has 3 heteroatoms. The molecule has 0 saturated carbocycles. The molecule has 1 rings (SSSR count). The van der Waals surface area contributed by atoms with Crippen LogP contribution in [0.2, 0.25) is 0 Å². The minimum atomic E-state index is 0.390.